The highest BCUT2D eigenvalue weighted by molar-refractivity contribution is 6.05. The van der Waals surface area contributed by atoms with Crippen LogP contribution in [0.4, 0.5) is 24.5 Å². The van der Waals surface area contributed by atoms with Gasteiger partial charge < -0.3 is 20.1 Å². The molecule has 2 amide bonds. The molecule has 0 atom stereocenters. The molecule has 2 aromatic carbocycles. The number of allylic oxidation sites excluding steroid dienone is 1. The normalized spacial score (nSPS) is 17.0. The van der Waals surface area contributed by atoms with E-state index in [1.165, 1.54) is 17.0 Å². The van der Waals surface area contributed by atoms with Crippen LogP contribution < -0.4 is 15.0 Å². The Morgan fingerprint density at radius 2 is 1.94 bits per heavy atom. The average molecular weight is 460 g/mol. The van der Waals surface area contributed by atoms with Gasteiger partial charge in [-0.15, -0.1) is 0 Å². The average Bonchev–Trinajstić information content (AvgIpc) is 2.99. The standard InChI is InChI=1S/C24H23F3N2O4/c25-24(26,27)17-6-8-19-16(4-2-10-33-21(19)12-17)11-22(31)28-18-7-5-15-3-1-9-29(20(15)13-18)23(32)14-30/h5-8,11-13,30H,1-4,9-10,14H2,(H,28,31). The van der Waals surface area contributed by atoms with Gasteiger partial charge in [-0.3, -0.25) is 9.59 Å². The van der Waals surface area contributed by atoms with E-state index in [2.05, 4.69) is 5.32 Å². The molecule has 0 aromatic heterocycles. The van der Waals surface area contributed by atoms with Crippen LogP contribution in [0.2, 0.25) is 0 Å². The summed E-state index contributed by atoms with van der Waals surface area (Å²) in [5.74, 6) is -0.739. The lowest BCUT2D eigenvalue weighted by atomic mass is 9.98. The van der Waals surface area contributed by atoms with Crippen molar-refractivity contribution in [3.8, 4) is 5.75 Å². The number of benzene rings is 2. The number of alkyl halides is 3. The minimum Gasteiger partial charge on any atom is -0.493 e. The number of rotatable bonds is 3. The molecule has 2 aromatic rings. The number of carbonyl (C=O) groups excluding carboxylic acids is 2. The van der Waals surface area contributed by atoms with Gasteiger partial charge in [0.1, 0.15) is 12.4 Å². The first-order chi connectivity index (χ1) is 15.8. The number of aliphatic hydroxyl groups is 1. The van der Waals surface area contributed by atoms with Gasteiger partial charge in [0.25, 0.3) is 5.91 Å². The lowest BCUT2D eigenvalue weighted by Gasteiger charge is -2.29. The Balaban J connectivity index is 1.58. The van der Waals surface area contributed by atoms with Crippen molar-refractivity contribution < 1.29 is 32.6 Å². The summed E-state index contributed by atoms with van der Waals surface area (Å²) in [6.07, 6.45) is -0.491. The van der Waals surface area contributed by atoms with Gasteiger partial charge in [0.2, 0.25) is 5.91 Å². The van der Waals surface area contributed by atoms with Gasteiger partial charge in [-0.25, -0.2) is 0 Å². The third kappa shape index (κ3) is 5.03. The van der Waals surface area contributed by atoms with Gasteiger partial charge in [-0.1, -0.05) is 12.1 Å². The van der Waals surface area contributed by atoms with Crippen LogP contribution in [0.1, 0.15) is 36.0 Å². The van der Waals surface area contributed by atoms with Gasteiger partial charge in [0.15, 0.2) is 0 Å². The Kier molecular flexibility index (Phi) is 6.42. The van der Waals surface area contributed by atoms with E-state index in [0.29, 0.717) is 41.9 Å². The number of aryl methyl sites for hydroxylation is 1. The molecule has 4 rings (SSSR count). The summed E-state index contributed by atoms with van der Waals surface area (Å²) in [5.41, 5.74) is 2.33. The number of fused-ring (bicyclic) bond motifs is 2. The number of carbonyl (C=O) groups is 2. The largest absolute Gasteiger partial charge is 0.493 e. The molecule has 0 saturated carbocycles. The molecule has 0 bridgehead atoms. The van der Waals surface area contributed by atoms with Gasteiger partial charge in [0.05, 0.1) is 12.2 Å². The lowest BCUT2D eigenvalue weighted by molar-refractivity contribution is -0.137. The first-order valence-electron chi connectivity index (χ1n) is 10.7. The molecule has 9 heteroatoms. The van der Waals surface area contributed by atoms with Crippen LogP contribution in [0.3, 0.4) is 0 Å². The first kappa shape index (κ1) is 22.8. The molecule has 0 aliphatic carbocycles. The maximum absolute atomic E-state index is 13.1. The van der Waals surface area contributed by atoms with E-state index in [1.807, 2.05) is 6.07 Å². The SMILES string of the molecule is O=C(C=C1CCCOc2cc(C(F)(F)F)ccc21)Nc1ccc2c(c1)N(C(=O)CO)CCC2. The topological polar surface area (TPSA) is 78.9 Å². The third-order valence-corrected chi connectivity index (χ3v) is 5.72. The summed E-state index contributed by atoms with van der Waals surface area (Å²) < 4.78 is 44.7. The quantitative estimate of drug-likeness (QED) is 0.674. The Hall–Kier alpha value is -3.33. The zero-order valence-electron chi connectivity index (χ0n) is 17.7. The second kappa shape index (κ2) is 9.27. The molecule has 2 N–H and O–H groups in total. The number of hydrogen-bond donors (Lipinski definition) is 2. The Labute approximate surface area is 188 Å². The molecular formula is C24H23F3N2O4. The Bertz CT molecular complexity index is 1110. The van der Waals surface area contributed by atoms with Gasteiger partial charge in [-0.2, -0.15) is 13.2 Å². The fourth-order valence-electron chi connectivity index (χ4n) is 4.15. The van der Waals surface area contributed by atoms with Crippen molar-refractivity contribution in [1.29, 1.82) is 0 Å². The van der Waals surface area contributed by atoms with Crippen LogP contribution >= 0.6 is 0 Å². The number of ether oxygens (including phenoxy) is 1. The van der Waals surface area contributed by atoms with Crippen LogP contribution in [0, 0.1) is 0 Å². The molecule has 0 saturated heterocycles. The summed E-state index contributed by atoms with van der Waals surface area (Å²) in [4.78, 5) is 26.3. The molecule has 2 aliphatic heterocycles. The highest BCUT2D eigenvalue weighted by Crippen LogP contribution is 2.38. The number of halogens is 3. The van der Waals surface area contributed by atoms with Gasteiger partial charge in [0, 0.05) is 29.6 Å². The van der Waals surface area contributed by atoms with E-state index in [1.54, 1.807) is 12.1 Å². The van der Waals surface area contributed by atoms with E-state index in [4.69, 9.17) is 4.74 Å². The number of hydrogen-bond acceptors (Lipinski definition) is 4. The molecule has 2 heterocycles. The summed E-state index contributed by atoms with van der Waals surface area (Å²) in [7, 11) is 0. The van der Waals surface area contributed by atoms with Crippen molar-refractivity contribution >= 4 is 28.8 Å². The molecule has 0 fully saturated rings. The zero-order chi connectivity index (χ0) is 23.6. The minimum absolute atomic E-state index is 0.105. The molecule has 174 valence electrons. The van der Waals surface area contributed by atoms with E-state index in [9.17, 15) is 27.9 Å². The third-order valence-electron chi connectivity index (χ3n) is 5.72. The van der Waals surface area contributed by atoms with E-state index in [0.717, 1.165) is 30.5 Å². The van der Waals surface area contributed by atoms with Crippen LogP contribution in [-0.4, -0.2) is 36.7 Å². The molecule has 6 nitrogen and oxygen atoms in total. The zero-order valence-corrected chi connectivity index (χ0v) is 17.7. The summed E-state index contributed by atoms with van der Waals surface area (Å²) >= 11 is 0. The van der Waals surface area contributed by atoms with Crippen molar-refractivity contribution in [3.05, 3.63) is 59.2 Å². The number of nitrogens with one attached hydrogen (secondary N) is 1. The van der Waals surface area contributed by atoms with E-state index < -0.39 is 30.2 Å². The molecular weight excluding hydrogens is 437 g/mol. The predicted molar refractivity (Wildman–Crippen MR) is 117 cm³/mol. The van der Waals surface area contributed by atoms with Crippen molar-refractivity contribution in [2.75, 3.05) is 30.0 Å². The van der Waals surface area contributed by atoms with E-state index >= 15 is 0 Å². The van der Waals surface area contributed by atoms with Crippen molar-refractivity contribution in [2.24, 2.45) is 0 Å². The second-order valence-electron chi connectivity index (χ2n) is 7.97. The van der Waals surface area contributed by atoms with Gasteiger partial charge >= 0.3 is 6.18 Å². The smallest absolute Gasteiger partial charge is 0.416 e. The maximum atomic E-state index is 13.1. The number of aliphatic hydroxyl groups excluding tert-OH is 1. The first-order valence-corrected chi connectivity index (χ1v) is 10.7. The van der Waals surface area contributed by atoms with Gasteiger partial charge in [-0.05, 0) is 61.1 Å². The highest BCUT2D eigenvalue weighted by Gasteiger charge is 2.32. The lowest BCUT2D eigenvalue weighted by Crippen LogP contribution is -2.37. The molecule has 0 spiro atoms. The second-order valence-corrected chi connectivity index (χ2v) is 7.97. The minimum atomic E-state index is -4.48. The monoisotopic (exact) mass is 460 g/mol. The van der Waals surface area contributed by atoms with Crippen molar-refractivity contribution in [1.82, 2.24) is 0 Å². The number of nitrogens with zero attached hydrogens (tertiary/aromatic N) is 1. The Morgan fingerprint density at radius 3 is 2.70 bits per heavy atom. The molecule has 0 radical (unpaired) electrons. The van der Waals surface area contributed by atoms with E-state index in [-0.39, 0.29) is 12.4 Å². The van der Waals surface area contributed by atoms with Crippen LogP contribution in [0.5, 0.6) is 5.75 Å². The fraction of sp³-hybridized carbons (Fsp3) is 0.333. The molecule has 33 heavy (non-hydrogen) atoms. The molecule has 2 aliphatic rings. The van der Waals surface area contributed by atoms with Crippen molar-refractivity contribution in [2.45, 2.75) is 31.9 Å². The Morgan fingerprint density at radius 1 is 1.12 bits per heavy atom. The van der Waals surface area contributed by atoms with Crippen LogP contribution in [-0.2, 0) is 22.2 Å². The summed E-state index contributed by atoms with van der Waals surface area (Å²) in [5, 5.41) is 12.0. The van der Waals surface area contributed by atoms with Crippen LogP contribution in [0.15, 0.2) is 42.5 Å². The summed E-state index contributed by atoms with van der Waals surface area (Å²) in [6.45, 7) is 0.150. The fourth-order valence-corrected chi connectivity index (χ4v) is 4.15. The number of anilines is 2. The highest BCUT2D eigenvalue weighted by atomic mass is 19.4. The predicted octanol–water partition coefficient (Wildman–Crippen LogP) is 4.17. The summed E-state index contributed by atoms with van der Waals surface area (Å²) in [6, 6.07) is 8.54. The van der Waals surface area contributed by atoms with Crippen LogP contribution in [0.25, 0.3) is 5.57 Å². The maximum Gasteiger partial charge on any atom is 0.416 e. The molecule has 0 unspecified atom stereocenters. The number of amides is 2. The van der Waals surface area contributed by atoms with Crippen molar-refractivity contribution in [3.63, 3.8) is 0 Å².